The van der Waals surface area contributed by atoms with Crippen LogP contribution in [0.25, 0.3) is 0 Å². The number of carbonyl (C=O) groups is 3. The number of anilines is 2. The summed E-state index contributed by atoms with van der Waals surface area (Å²) in [5, 5.41) is 31.3. The Kier molecular flexibility index (Phi) is 10.0. The normalized spacial score (nSPS) is 10.4. The van der Waals surface area contributed by atoms with Crippen molar-refractivity contribution in [1.82, 2.24) is 0 Å². The first-order valence-corrected chi connectivity index (χ1v) is 11.0. The average molecular weight is 577 g/mol. The van der Waals surface area contributed by atoms with Crippen LogP contribution in [0.3, 0.4) is 0 Å². The van der Waals surface area contributed by atoms with Gasteiger partial charge in [-0.05, 0) is 22.0 Å². The Morgan fingerprint density at radius 1 is 1.11 bits per heavy atom. The number of hydrogen-bond acceptors (Lipinski definition) is 12. The van der Waals surface area contributed by atoms with Gasteiger partial charge in [-0.15, -0.1) is 10.2 Å². The third kappa shape index (κ3) is 7.45. The molecule has 0 aliphatic carbocycles. The number of hydrogen-bond donors (Lipinski definition) is 1. The maximum absolute atomic E-state index is 12.0. The first-order chi connectivity index (χ1) is 17.5. The molecule has 0 saturated carbocycles. The molecule has 2 rings (SSSR count). The van der Waals surface area contributed by atoms with E-state index in [9.17, 15) is 29.8 Å². The summed E-state index contributed by atoms with van der Waals surface area (Å²) in [6.45, 7) is 0.569. The molecule has 0 unspecified atom stereocenters. The second kappa shape index (κ2) is 12.9. The summed E-state index contributed by atoms with van der Waals surface area (Å²) < 4.78 is 15.0. The van der Waals surface area contributed by atoms with E-state index in [0.717, 1.165) is 6.07 Å². The van der Waals surface area contributed by atoms with E-state index in [1.54, 1.807) is 0 Å². The van der Waals surface area contributed by atoms with Gasteiger partial charge in [0, 0.05) is 25.1 Å². The topological polar surface area (TPSA) is 186 Å². The van der Waals surface area contributed by atoms with Crippen LogP contribution in [0, 0.1) is 21.4 Å². The summed E-state index contributed by atoms with van der Waals surface area (Å²) in [6, 6.07) is 6.85. The number of nitrogens with zero attached hydrogens (tertiary/aromatic N) is 5. The van der Waals surface area contributed by atoms with Crippen LogP contribution in [0.1, 0.15) is 12.5 Å². The van der Waals surface area contributed by atoms with Crippen molar-refractivity contribution in [3.63, 3.8) is 0 Å². The molecule has 0 saturated heterocycles. The van der Waals surface area contributed by atoms with Crippen molar-refractivity contribution in [3.8, 4) is 11.8 Å². The lowest BCUT2D eigenvalue weighted by Crippen LogP contribution is -2.36. The second-order valence-electron chi connectivity index (χ2n) is 7.12. The van der Waals surface area contributed by atoms with Gasteiger partial charge in [0.15, 0.2) is 0 Å². The van der Waals surface area contributed by atoms with Gasteiger partial charge in [-0.2, -0.15) is 5.26 Å². The van der Waals surface area contributed by atoms with Crippen LogP contribution in [0.4, 0.5) is 28.4 Å². The van der Waals surface area contributed by atoms with E-state index in [1.165, 1.54) is 51.4 Å². The smallest absolute Gasteiger partial charge is 0.325 e. The zero-order valence-corrected chi connectivity index (χ0v) is 21.7. The molecule has 2 aromatic rings. The van der Waals surface area contributed by atoms with Gasteiger partial charge < -0.3 is 24.4 Å². The number of methoxy groups -OCH3 is 3. The standard InChI is InChI=1S/C22H21BrN6O8/c1-12(30)25-16-7-18(28(10-20(31)36-3)11-21(32)37-4)19(35-2)8-17(16)26-27-22-13(9-24)5-14(29(33)34)6-15(22)23/h5-8H,10-11H2,1-4H3,(H,25,30). The number of esters is 2. The minimum Gasteiger partial charge on any atom is -0.494 e. The molecule has 194 valence electrons. The van der Waals surface area contributed by atoms with Crippen molar-refractivity contribution < 1.29 is 33.5 Å². The van der Waals surface area contributed by atoms with Crippen LogP contribution in [-0.2, 0) is 23.9 Å². The Morgan fingerprint density at radius 3 is 2.22 bits per heavy atom. The molecule has 0 bridgehead atoms. The average Bonchev–Trinajstić information content (AvgIpc) is 2.86. The molecule has 0 atom stereocenters. The van der Waals surface area contributed by atoms with E-state index in [0.29, 0.717) is 0 Å². The molecular formula is C22H21BrN6O8. The highest BCUT2D eigenvalue weighted by atomic mass is 79.9. The monoisotopic (exact) mass is 576 g/mol. The first-order valence-electron chi connectivity index (χ1n) is 10.2. The van der Waals surface area contributed by atoms with Crippen molar-refractivity contribution in [2.24, 2.45) is 10.2 Å². The van der Waals surface area contributed by atoms with Crippen LogP contribution in [0.2, 0.25) is 0 Å². The fraction of sp³-hybridized carbons (Fsp3) is 0.273. The van der Waals surface area contributed by atoms with Crippen LogP contribution in [0.15, 0.2) is 39.0 Å². The van der Waals surface area contributed by atoms with Crippen LogP contribution >= 0.6 is 15.9 Å². The quantitative estimate of drug-likeness (QED) is 0.189. The minimum atomic E-state index is -0.653. The third-order valence-corrected chi connectivity index (χ3v) is 5.29. The summed E-state index contributed by atoms with van der Waals surface area (Å²) in [5.74, 6) is -1.61. The molecule has 0 aliphatic heterocycles. The summed E-state index contributed by atoms with van der Waals surface area (Å²) >= 11 is 3.16. The van der Waals surface area contributed by atoms with Crippen LogP contribution in [-0.4, -0.2) is 57.2 Å². The summed E-state index contributed by atoms with van der Waals surface area (Å²) in [4.78, 5) is 47.6. The Morgan fingerprint density at radius 2 is 1.73 bits per heavy atom. The number of halogens is 1. The van der Waals surface area contributed by atoms with E-state index in [1.807, 2.05) is 6.07 Å². The zero-order valence-electron chi connectivity index (χ0n) is 20.1. The lowest BCUT2D eigenvalue weighted by molar-refractivity contribution is -0.384. The summed E-state index contributed by atoms with van der Waals surface area (Å²) in [5.41, 5.74) is 0.0305. The lowest BCUT2D eigenvalue weighted by Gasteiger charge is -2.25. The molecule has 0 heterocycles. The largest absolute Gasteiger partial charge is 0.494 e. The van der Waals surface area contributed by atoms with Crippen molar-refractivity contribution in [3.05, 3.63) is 44.4 Å². The van der Waals surface area contributed by atoms with Gasteiger partial charge in [0.2, 0.25) is 5.91 Å². The number of amides is 1. The highest BCUT2D eigenvalue weighted by molar-refractivity contribution is 9.10. The Hall–Kier alpha value is -4.58. The highest BCUT2D eigenvalue weighted by Crippen LogP contribution is 2.41. The molecular weight excluding hydrogens is 556 g/mol. The van der Waals surface area contributed by atoms with Crippen LogP contribution in [0.5, 0.6) is 5.75 Å². The number of nitriles is 1. The lowest BCUT2D eigenvalue weighted by atomic mass is 10.2. The number of nitrogens with one attached hydrogen (secondary N) is 1. The third-order valence-electron chi connectivity index (χ3n) is 4.68. The van der Waals surface area contributed by atoms with Gasteiger partial charge in [0.25, 0.3) is 5.69 Å². The van der Waals surface area contributed by atoms with Gasteiger partial charge >= 0.3 is 11.9 Å². The van der Waals surface area contributed by atoms with E-state index >= 15 is 0 Å². The molecule has 2 aromatic carbocycles. The van der Waals surface area contributed by atoms with E-state index in [4.69, 9.17) is 14.2 Å². The van der Waals surface area contributed by atoms with Gasteiger partial charge in [-0.3, -0.25) is 24.5 Å². The Balaban J connectivity index is 2.67. The molecule has 0 aliphatic rings. The number of nitro benzene ring substituents is 1. The fourth-order valence-corrected chi connectivity index (χ4v) is 3.52. The number of rotatable bonds is 10. The number of non-ortho nitro benzene ring substituents is 1. The molecule has 0 spiro atoms. The van der Waals surface area contributed by atoms with Gasteiger partial charge in [0.1, 0.15) is 36.3 Å². The zero-order chi connectivity index (χ0) is 27.7. The number of ether oxygens (including phenoxy) is 3. The van der Waals surface area contributed by atoms with E-state index in [2.05, 4.69) is 31.5 Å². The second-order valence-corrected chi connectivity index (χ2v) is 7.98. The van der Waals surface area contributed by atoms with Crippen molar-refractivity contribution in [2.75, 3.05) is 44.6 Å². The first kappa shape index (κ1) is 28.7. The highest BCUT2D eigenvalue weighted by Gasteiger charge is 2.23. The molecule has 0 radical (unpaired) electrons. The van der Waals surface area contributed by atoms with Crippen molar-refractivity contribution in [1.29, 1.82) is 5.26 Å². The molecule has 37 heavy (non-hydrogen) atoms. The Labute approximate surface area is 219 Å². The SMILES string of the molecule is COC(=O)CN(CC(=O)OC)c1cc(NC(C)=O)c(N=Nc2c(Br)cc([N+](=O)[O-])cc2C#N)cc1OC. The summed E-state index contributed by atoms with van der Waals surface area (Å²) in [7, 11) is 3.72. The van der Waals surface area contributed by atoms with E-state index in [-0.39, 0.29) is 57.3 Å². The van der Waals surface area contributed by atoms with Gasteiger partial charge in [-0.25, -0.2) is 0 Å². The van der Waals surface area contributed by atoms with E-state index < -0.39 is 22.8 Å². The Bertz CT molecular complexity index is 1290. The maximum atomic E-state index is 12.0. The van der Waals surface area contributed by atoms with Crippen molar-refractivity contribution >= 4 is 62.2 Å². The maximum Gasteiger partial charge on any atom is 0.325 e. The molecule has 15 heteroatoms. The minimum absolute atomic E-state index is 0.0166. The predicted molar refractivity (Wildman–Crippen MR) is 133 cm³/mol. The number of azo groups is 1. The number of carbonyl (C=O) groups excluding carboxylic acids is 3. The molecule has 0 fully saturated rings. The number of benzene rings is 2. The molecule has 1 N–H and O–H groups in total. The number of nitro groups is 1. The van der Waals surface area contributed by atoms with Crippen LogP contribution < -0.4 is 15.0 Å². The molecule has 1 amide bonds. The molecule has 0 aromatic heterocycles. The predicted octanol–water partition coefficient (Wildman–Crippen LogP) is 3.76. The van der Waals surface area contributed by atoms with Crippen molar-refractivity contribution in [2.45, 2.75) is 6.92 Å². The molecule has 14 nitrogen and oxygen atoms in total. The fourth-order valence-electron chi connectivity index (χ4n) is 2.99. The van der Waals surface area contributed by atoms with Gasteiger partial charge in [-0.1, -0.05) is 0 Å². The summed E-state index contributed by atoms with van der Waals surface area (Å²) in [6.07, 6.45) is 0. The van der Waals surface area contributed by atoms with Gasteiger partial charge in [0.05, 0.1) is 47.7 Å².